The van der Waals surface area contributed by atoms with E-state index in [4.69, 9.17) is 4.74 Å². The number of amides is 1. The lowest BCUT2D eigenvalue weighted by Crippen LogP contribution is -2.29. The van der Waals surface area contributed by atoms with Crippen LogP contribution >= 0.6 is 11.3 Å². The van der Waals surface area contributed by atoms with E-state index in [1.54, 1.807) is 24.3 Å². The summed E-state index contributed by atoms with van der Waals surface area (Å²) in [6, 6.07) is 17.6. The molecule has 158 valence electrons. The number of aliphatic hydroxyl groups is 1. The third-order valence-electron chi connectivity index (χ3n) is 5.46. The summed E-state index contributed by atoms with van der Waals surface area (Å²) in [5.74, 6) is -0.835. The van der Waals surface area contributed by atoms with Crippen LogP contribution in [0, 0.1) is 0 Å². The maximum Gasteiger partial charge on any atom is 0.300 e. The number of para-hydroxylation sites is 1. The van der Waals surface area contributed by atoms with E-state index in [0.717, 1.165) is 10.4 Å². The Morgan fingerprint density at radius 2 is 1.74 bits per heavy atom. The number of Topliss-reactive ketones (excluding diaryl/α,β-unsaturated/α-hetero) is 1. The van der Waals surface area contributed by atoms with E-state index in [1.807, 2.05) is 41.8 Å². The van der Waals surface area contributed by atoms with Gasteiger partial charge in [-0.3, -0.25) is 14.5 Å². The number of hydrogen-bond acceptors (Lipinski definition) is 5. The second-order valence-corrected chi connectivity index (χ2v) is 8.61. The van der Waals surface area contributed by atoms with Gasteiger partial charge in [0.15, 0.2) is 0 Å². The third-order valence-corrected chi connectivity index (χ3v) is 6.38. The Hall–Kier alpha value is -3.38. The first kappa shape index (κ1) is 20.9. The number of anilines is 1. The number of rotatable bonds is 5. The van der Waals surface area contributed by atoms with E-state index in [0.29, 0.717) is 22.9 Å². The topological polar surface area (TPSA) is 66.8 Å². The molecular weight excluding hydrogens is 410 g/mol. The van der Waals surface area contributed by atoms with Crippen molar-refractivity contribution < 1.29 is 19.4 Å². The van der Waals surface area contributed by atoms with Crippen LogP contribution in [0.15, 0.2) is 71.6 Å². The summed E-state index contributed by atoms with van der Waals surface area (Å²) in [7, 11) is 1.50. The maximum atomic E-state index is 13.1. The van der Waals surface area contributed by atoms with E-state index in [2.05, 4.69) is 13.8 Å². The fourth-order valence-corrected chi connectivity index (χ4v) is 4.64. The number of carbonyl (C=O) groups excluding carboxylic acids is 2. The average molecular weight is 434 g/mol. The molecule has 0 bridgehead atoms. The number of methoxy groups -OCH3 is 1. The van der Waals surface area contributed by atoms with Crippen LogP contribution in [0.25, 0.3) is 5.76 Å². The van der Waals surface area contributed by atoms with E-state index in [1.165, 1.54) is 23.3 Å². The summed E-state index contributed by atoms with van der Waals surface area (Å²) in [6.45, 7) is 4.19. The SMILES string of the molecule is COc1ccccc1/C(O)=C1/C(=O)C(=O)N(c2ccc(C(C)C)cc2)C1c1cccs1. The van der Waals surface area contributed by atoms with Gasteiger partial charge in [0.05, 0.1) is 18.2 Å². The summed E-state index contributed by atoms with van der Waals surface area (Å²) in [6.07, 6.45) is 0. The van der Waals surface area contributed by atoms with Crippen molar-refractivity contribution in [1.82, 2.24) is 0 Å². The molecule has 0 radical (unpaired) electrons. The van der Waals surface area contributed by atoms with E-state index in [-0.39, 0.29) is 11.3 Å². The van der Waals surface area contributed by atoms with Crippen LogP contribution in [0.3, 0.4) is 0 Å². The molecule has 0 aliphatic carbocycles. The molecule has 4 rings (SSSR count). The largest absolute Gasteiger partial charge is 0.507 e. The lowest BCUT2D eigenvalue weighted by Gasteiger charge is -2.24. The van der Waals surface area contributed by atoms with Crippen molar-refractivity contribution >= 4 is 34.5 Å². The van der Waals surface area contributed by atoms with Gasteiger partial charge in [-0.25, -0.2) is 0 Å². The highest BCUT2D eigenvalue weighted by Crippen LogP contribution is 2.44. The fraction of sp³-hybridized carbons (Fsp3) is 0.200. The number of benzene rings is 2. The molecule has 1 atom stereocenters. The molecule has 31 heavy (non-hydrogen) atoms. The minimum Gasteiger partial charge on any atom is -0.507 e. The van der Waals surface area contributed by atoms with E-state index in [9.17, 15) is 14.7 Å². The molecule has 5 nitrogen and oxygen atoms in total. The fourth-order valence-electron chi connectivity index (χ4n) is 3.82. The lowest BCUT2D eigenvalue weighted by molar-refractivity contribution is -0.132. The summed E-state index contributed by atoms with van der Waals surface area (Å²) in [5, 5.41) is 13.1. The Morgan fingerprint density at radius 3 is 2.35 bits per heavy atom. The molecule has 2 aromatic carbocycles. The third kappa shape index (κ3) is 3.64. The zero-order valence-electron chi connectivity index (χ0n) is 17.5. The number of aliphatic hydroxyl groups excluding tert-OH is 1. The summed E-state index contributed by atoms with van der Waals surface area (Å²) < 4.78 is 5.36. The smallest absolute Gasteiger partial charge is 0.300 e. The minimum absolute atomic E-state index is 0.0601. The van der Waals surface area contributed by atoms with Crippen molar-refractivity contribution in [3.05, 3.63) is 87.6 Å². The molecule has 0 saturated carbocycles. The van der Waals surface area contributed by atoms with Crippen molar-refractivity contribution in [3.63, 3.8) is 0 Å². The van der Waals surface area contributed by atoms with Crippen LogP contribution < -0.4 is 9.64 Å². The Balaban J connectivity index is 1.90. The predicted octanol–water partition coefficient (Wildman–Crippen LogP) is 5.51. The van der Waals surface area contributed by atoms with Gasteiger partial charge in [-0.15, -0.1) is 11.3 Å². The molecule has 1 amide bonds. The molecule has 3 aromatic rings. The molecule has 2 heterocycles. The van der Waals surface area contributed by atoms with E-state index >= 15 is 0 Å². The molecule has 1 aromatic heterocycles. The van der Waals surface area contributed by atoms with Crippen LogP contribution in [0.2, 0.25) is 0 Å². The highest BCUT2D eigenvalue weighted by molar-refractivity contribution is 7.10. The van der Waals surface area contributed by atoms with Crippen LogP contribution in [0.1, 0.15) is 41.8 Å². The van der Waals surface area contributed by atoms with Gasteiger partial charge in [0.1, 0.15) is 17.6 Å². The van der Waals surface area contributed by atoms with Gasteiger partial charge in [0.2, 0.25) is 0 Å². The molecule has 1 unspecified atom stereocenters. The van der Waals surface area contributed by atoms with Crippen molar-refractivity contribution in [2.75, 3.05) is 12.0 Å². The molecule has 1 N–H and O–H groups in total. The van der Waals surface area contributed by atoms with Crippen LogP contribution in [0.5, 0.6) is 5.75 Å². The average Bonchev–Trinajstić information content (AvgIpc) is 3.40. The Labute approximate surface area is 185 Å². The van der Waals surface area contributed by atoms with Gasteiger partial charge in [-0.05, 0) is 47.2 Å². The van der Waals surface area contributed by atoms with Gasteiger partial charge in [0, 0.05) is 10.6 Å². The monoisotopic (exact) mass is 433 g/mol. The number of carbonyl (C=O) groups is 2. The lowest BCUT2D eigenvalue weighted by atomic mass is 9.99. The first-order valence-corrected chi connectivity index (χ1v) is 10.9. The van der Waals surface area contributed by atoms with Crippen molar-refractivity contribution in [1.29, 1.82) is 0 Å². The van der Waals surface area contributed by atoms with Crippen molar-refractivity contribution in [2.24, 2.45) is 0 Å². The molecule has 1 aliphatic rings. The Morgan fingerprint density at radius 1 is 1.03 bits per heavy atom. The second kappa shape index (κ2) is 8.40. The molecule has 0 spiro atoms. The van der Waals surface area contributed by atoms with Gasteiger partial charge < -0.3 is 9.84 Å². The Bertz CT molecular complexity index is 1150. The first-order chi connectivity index (χ1) is 14.9. The Kier molecular flexibility index (Phi) is 5.65. The zero-order chi connectivity index (χ0) is 22.1. The standard InChI is InChI=1S/C25H23NO4S/c1-15(2)16-10-12-17(13-11-16)26-22(20-9-6-14-31-20)21(24(28)25(26)29)23(27)18-7-4-5-8-19(18)30-3/h4-15,22,27H,1-3H3/b23-21-. The first-order valence-electron chi connectivity index (χ1n) is 10.0. The molecule has 6 heteroatoms. The van der Waals surface area contributed by atoms with Crippen molar-refractivity contribution in [2.45, 2.75) is 25.8 Å². The second-order valence-electron chi connectivity index (χ2n) is 7.63. The molecular formula is C25H23NO4S. The summed E-state index contributed by atoms with van der Waals surface area (Å²) >= 11 is 1.43. The van der Waals surface area contributed by atoms with Crippen LogP contribution in [0.4, 0.5) is 5.69 Å². The quantitative estimate of drug-likeness (QED) is 0.327. The summed E-state index contributed by atoms with van der Waals surface area (Å²) in [4.78, 5) is 28.5. The van der Waals surface area contributed by atoms with Crippen LogP contribution in [-0.2, 0) is 9.59 Å². The predicted molar refractivity (Wildman–Crippen MR) is 123 cm³/mol. The number of ketones is 1. The normalized spacial score (nSPS) is 18.1. The molecule has 1 fully saturated rings. The number of hydrogen-bond donors (Lipinski definition) is 1. The maximum absolute atomic E-state index is 13.1. The highest BCUT2D eigenvalue weighted by Gasteiger charge is 2.47. The number of nitrogens with zero attached hydrogens (tertiary/aromatic N) is 1. The summed E-state index contributed by atoms with van der Waals surface area (Å²) in [5.41, 5.74) is 2.19. The van der Waals surface area contributed by atoms with Crippen LogP contribution in [-0.4, -0.2) is 23.9 Å². The minimum atomic E-state index is -0.713. The number of thiophene rings is 1. The van der Waals surface area contributed by atoms with E-state index < -0.39 is 17.7 Å². The van der Waals surface area contributed by atoms with Gasteiger partial charge in [-0.2, -0.15) is 0 Å². The molecule has 1 aliphatic heterocycles. The van der Waals surface area contributed by atoms with Gasteiger partial charge in [0.25, 0.3) is 11.7 Å². The van der Waals surface area contributed by atoms with Crippen molar-refractivity contribution in [3.8, 4) is 5.75 Å². The van der Waals surface area contributed by atoms with Gasteiger partial charge >= 0.3 is 0 Å². The number of ether oxygens (including phenoxy) is 1. The molecule has 1 saturated heterocycles. The van der Waals surface area contributed by atoms with Gasteiger partial charge in [-0.1, -0.05) is 44.2 Å². The highest BCUT2D eigenvalue weighted by atomic mass is 32.1. The zero-order valence-corrected chi connectivity index (χ0v) is 18.3.